The lowest BCUT2D eigenvalue weighted by atomic mass is 10.1. The third-order valence-corrected chi connectivity index (χ3v) is 8.65. The number of nitrogens with one attached hydrogen (secondary N) is 1. The average Bonchev–Trinajstić information content (AvgIpc) is 2.99. The summed E-state index contributed by atoms with van der Waals surface area (Å²) in [5.41, 5.74) is 1.75. The minimum absolute atomic E-state index is 0.00192. The predicted octanol–water partition coefficient (Wildman–Crippen LogP) is 4.55. The molecule has 0 aliphatic heterocycles. The van der Waals surface area contributed by atoms with Crippen molar-refractivity contribution in [3.8, 4) is 17.2 Å². The number of rotatable bonds is 14. The van der Waals surface area contributed by atoms with E-state index in [2.05, 4.69) is 5.32 Å². The molecule has 0 saturated carbocycles. The molecular formula is C32H41N3O7S. The highest BCUT2D eigenvalue weighted by Crippen LogP contribution is 2.36. The highest BCUT2D eigenvalue weighted by Gasteiger charge is 2.35. The number of carbonyl (C=O) groups excluding carboxylic acids is 2. The van der Waals surface area contributed by atoms with Crippen LogP contribution >= 0.6 is 0 Å². The van der Waals surface area contributed by atoms with Gasteiger partial charge in [0.1, 0.15) is 29.8 Å². The van der Waals surface area contributed by atoms with Gasteiger partial charge in [0.15, 0.2) is 0 Å². The number of nitrogens with zero attached hydrogens (tertiary/aromatic N) is 2. The van der Waals surface area contributed by atoms with Gasteiger partial charge in [-0.05, 0) is 69.2 Å². The fourth-order valence-electron chi connectivity index (χ4n) is 4.57. The van der Waals surface area contributed by atoms with Gasteiger partial charge in [-0.25, -0.2) is 8.42 Å². The van der Waals surface area contributed by atoms with Crippen LogP contribution in [0.25, 0.3) is 0 Å². The quantitative estimate of drug-likeness (QED) is 0.285. The first kappa shape index (κ1) is 33.3. The summed E-state index contributed by atoms with van der Waals surface area (Å²) in [6.07, 6.45) is 0.313. The van der Waals surface area contributed by atoms with E-state index >= 15 is 0 Å². The van der Waals surface area contributed by atoms with Crippen LogP contribution in [0.3, 0.4) is 0 Å². The molecule has 3 rings (SSSR count). The lowest BCUT2D eigenvalue weighted by Crippen LogP contribution is -2.53. The van der Waals surface area contributed by atoms with E-state index in [1.807, 2.05) is 27.7 Å². The van der Waals surface area contributed by atoms with Crippen LogP contribution in [-0.2, 0) is 26.2 Å². The maximum atomic E-state index is 14.3. The standard InChI is InChI=1S/C32H41N3O7S/c1-8-28(32(37)33-22(2)3)34(20-24-11-13-25(40-5)14-12-24)31(36)21-35(29-19-26(41-6)15-18-30(29)42-7)43(38,39)27-16-9-23(4)10-17-27/h9-19,22,28H,8,20-21H2,1-7H3,(H,33,37)/t28-/m1/s1. The molecule has 0 aliphatic carbocycles. The van der Waals surface area contributed by atoms with Gasteiger partial charge in [0.25, 0.3) is 10.0 Å². The van der Waals surface area contributed by atoms with E-state index in [-0.39, 0.29) is 34.8 Å². The maximum absolute atomic E-state index is 14.3. The molecule has 0 aliphatic rings. The molecule has 232 valence electrons. The Morgan fingerprint density at radius 1 is 0.860 bits per heavy atom. The van der Waals surface area contributed by atoms with Crippen LogP contribution in [0.1, 0.15) is 38.3 Å². The highest BCUT2D eigenvalue weighted by molar-refractivity contribution is 7.92. The second kappa shape index (κ2) is 14.8. The number of aryl methyl sites for hydroxylation is 1. The molecule has 1 N–H and O–H groups in total. The molecule has 1 atom stereocenters. The van der Waals surface area contributed by atoms with E-state index in [1.165, 1.54) is 37.3 Å². The van der Waals surface area contributed by atoms with E-state index in [9.17, 15) is 18.0 Å². The van der Waals surface area contributed by atoms with Gasteiger partial charge in [0.05, 0.1) is 31.9 Å². The van der Waals surface area contributed by atoms with Crippen molar-refractivity contribution in [3.63, 3.8) is 0 Å². The summed E-state index contributed by atoms with van der Waals surface area (Å²) in [5, 5.41) is 2.89. The Kier molecular flexibility index (Phi) is 11.4. The van der Waals surface area contributed by atoms with Crippen LogP contribution in [0.2, 0.25) is 0 Å². The van der Waals surface area contributed by atoms with E-state index in [4.69, 9.17) is 14.2 Å². The maximum Gasteiger partial charge on any atom is 0.264 e. The van der Waals surface area contributed by atoms with Gasteiger partial charge in [-0.1, -0.05) is 36.8 Å². The number of hydrogen-bond donors (Lipinski definition) is 1. The van der Waals surface area contributed by atoms with E-state index < -0.39 is 28.5 Å². The molecule has 0 radical (unpaired) electrons. The first-order valence-corrected chi connectivity index (χ1v) is 15.4. The molecule has 3 aromatic rings. The number of carbonyl (C=O) groups is 2. The molecule has 0 bridgehead atoms. The normalized spacial score (nSPS) is 11.9. The summed E-state index contributed by atoms with van der Waals surface area (Å²) in [5.74, 6) is 0.362. The summed E-state index contributed by atoms with van der Waals surface area (Å²) >= 11 is 0. The number of benzene rings is 3. The van der Waals surface area contributed by atoms with Gasteiger partial charge in [0.2, 0.25) is 11.8 Å². The topological polar surface area (TPSA) is 114 Å². The monoisotopic (exact) mass is 611 g/mol. The number of ether oxygens (including phenoxy) is 3. The SMILES string of the molecule is CC[C@H](C(=O)NC(C)C)N(Cc1ccc(OC)cc1)C(=O)CN(c1cc(OC)ccc1OC)S(=O)(=O)c1ccc(C)cc1. The van der Waals surface area contributed by atoms with E-state index in [0.29, 0.717) is 17.9 Å². The number of sulfonamides is 1. The third-order valence-electron chi connectivity index (χ3n) is 6.87. The van der Waals surface area contributed by atoms with Crippen molar-refractivity contribution in [2.45, 2.75) is 57.6 Å². The zero-order chi connectivity index (χ0) is 31.7. The minimum atomic E-state index is -4.28. The molecule has 10 nitrogen and oxygen atoms in total. The summed E-state index contributed by atoms with van der Waals surface area (Å²) in [7, 11) is 0.166. The van der Waals surface area contributed by atoms with E-state index in [1.54, 1.807) is 55.6 Å². The molecule has 0 unspecified atom stereocenters. The molecule has 0 fully saturated rings. The first-order chi connectivity index (χ1) is 20.4. The zero-order valence-electron chi connectivity index (χ0n) is 25.8. The second-order valence-corrected chi connectivity index (χ2v) is 12.2. The van der Waals surface area contributed by atoms with Crippen molar-refractivity contribution in [2.75, 3.05) is 32.2 Å². The number of methoxy groups -OCH3 is 3. The van der Waals surface area contributed by atoms with Crippen molar-refractivity contribution in [1.29, 1.82) is 0 Å². The number of amides is 2. The number of anilines is 1. The van der Waals surface area contributed by atoms with Crippen LogP contribution in [0.4, 0.5) is 5.69 Å². The van der Waals surface area contributed by atoms with Crippen LogP contribution < -0.4 is 23.8 Å². The van der Waals surface area contributed by atoms with Gasteiger partial charge in [-0.3, -0.25) is 13.9 Å². The second-order valence-electron chi connectivity index (χ2n) is 10.3. The molecule has 0 heterocycles. The zero-order valence-corrected chi connectivity index (χ0v) is 26.6. The van der Waals surface area contributed by atoms with Crippen molar-refractivity contribution in [2.24, 2.45) is 0 Å². The molecule has 2 amide bonds. The Balaban J connectivity index is 2.14. The van der Waals surface area contributed by atoms with Gasteiger partial charge in [-0.15, -0.1) is 0 Å². The van der Waals surface area contributed by atoms with Crippen molar-refractivity contribution < 1.29 is 32.2 Å². The Labute approximate surface area is 254 Å². The van der Waals surface area contributed by atoms with Crippen LogP contribution in [-0.4, -0.2) is 65.1 Å². The molecule has 0 aromatic heterocycles. The van der Waals surface area contributed by atoms with Crippen molar-refractivity contribution >= 4 is 27.5 Å². The third kappa shape index (κ3) is 8.19. The lowest BCUT2D eigenvalue weighted by Gasteiger charge is -2.34. The fourth-order valence-corrected chi connectivity index (χ4v) is 5.99. The average molecular weight is 612 g/mol. The Bertz CT molecular complexity index is 1490. The summed E-state index contributed by atoms with van der Waals surface area (Å²) < 4.78 is 45.5. The Hall–Kier alpha value is -4.25. The first-order valence-electron chi connectivity index (χ1n) is 14.0. The molecule has 43 heavy (non-hydrogen) atoms. The summed E-state index contributed by atoms with van der Waals surface area (Å²) in [4.78, 5) is 29.0. The number of hydrogen-bond acceptors (Lipinski definition) is 7. The summed E-state index contributed by atoms with van der Waals surface area (Å²) in [6.45, 7) is 6.82. The lowest BCUT2D eigenvalue weighted by molar-refractivity contribution is -0.140. The van der Waals surface area contributed by atoms with Crippen LogP contribution in [0.5, 0.6) is 17.2 Å². The van der Waals surface area contributed by atoms with E-state index in [0.717, 1.165) is 15.4 Å². The highest BCUT2D eigenvalue weighted by atomic mass is 32.2. The summed E-state index contributed by atoms with van der Waals surface area (Å²) in [6, 6.07) is 17.2. The van der Waals surface area contributed by atoms with Gasteiger partial charge in [-0.2, -0.15) is 0 Å². The smallest absolute Gasteiger partial charge is 0.264 e. The molecule has 0 saturated heterocycles. The molecule has 3 aromatic carbocycles. The molecular weight excluding hydrogens is 570 g/mol. The molecule has 0 spiro atoms. The van der Waals surface area contributed by atoms with Crippen molar-refractivity contribution in [1.82, 2.24) is 10.2 Å². The largest absolute Gasteiger partial charge is 0.497 e. The van der Waals surface area contributed by atoms with Gasteiger partial charge in [0, 0.05) is 18.7 Å². The Morgan fingerprint density at radius 3 is 2.00 bits per heavy atom. The minimum Gasteiger partial charge on any atom is -0.497 e. The van der Waals surface area contributed by atoms with Gasteiger partial charge >= 0.3 is 0 Å². The Morgan fingerprint density at radius 2 is 1.47 bits per heavy atom. The molecule has 11 heteroatoms. The van der Waals surface area contributed by atoms with Gasteiger partial charge < -0.3 is 24.4 Å². The predicted molar refractivity (Wildman–Crippen MR) is 166 cm³/mol. The van der Waals surface area contributed by atoms with Crippen LogP contribution in [0.15, 0.2) is 71.6 Å². The van der Waals surface area contributed by atoms with Crippen LogP contribution in [0, 0.1) is 6.92 Å². The fraction of sp³-hybridized carbons (Fsp3) is 0.375. The van der Waals surface area contributed by atoms with Crippen molar-refractivity contribution in [3.05, 3.63) is 77.9 Å².